The van der Waals surface area contributed by atoms with Crippen molar-refractivity contribution in [3.63, 3.8) is 0 Å². The number of hydrogen-bond acceptors (Lipinski definition) is 10. The van der Waals surface area contributed by atoms with Crippen molar-refractivity contribution in [1.29, 1.82) is 0 Å². The fraction of sp³-hybridized carbons (Fsp3) is 0.222. The van der Waals surface area contributed by atoms with Gasteiger partial charge in [0.2, 0.25) is 5.82 Å². The van der Waals surface area contributed by atoms with Crippen LogP contribution in [0.3, 0.4) is 0 Å². The lowest BCUT2D eigenvalue weighted by Crippen LogP contribution is -2.22. The highest BCUT2D eigenvalue weighted by Crippen LogP contribution is 2.40. The van der Waals surface area contributed by atoms with Crippen LogP contribution < -0.4 is 5.73 Å². The number of fused-ring (bicyclic) bond motifs is 1. The second-order valence-electron chi connectivity index (χ2n) is 6.96. The van der Waals surface area contributed by atoms with Crippen LogP contribution in [0.2, 0.25) is 0 Å². The Bertz CT molecular complexity index is 1370. The molecule has 0 fully saturated rings. The molecule has 0 saturated carbocycles. The van der Waals surface area contributed by atoms with Crippen molar-refractivity contribution in [2.75, 3.05) is 32.1 Å². The molecule has 0 amide bonds. The SMILES string of the molecule is CN(C)CCS(=O)(=O)c1ccc(-c2cccc3sc(N)nc23)c(-c2nn[nH]n2)c1[S+]=O. The van der Waals surface area contributed by atoms with Crippen molar-refractivity contribution in [2.45, 2.75) is 9.79 Å². The molecule has 2 heterocycles. The molecule has 0 aliphatic rings. The fourth-order valence-corrected chi connectivity index (χ4v) is 6.37. The standard InChI is InChI=1S/C18H18N7O3S3/c1-25(2)8-9-31(27,28)13-7-6-10(14(16(13)30-26)17-21-23-24-22-17)11-4-3-5-12-15(11)20-18(19)29-12/h3-7H,8-9H2,1-2H3,(H2,19,20)(H,21,22,23,24)/q+1. The third-order valence-electron chi connectivity index (χ3n) is 4.64. The summed E-state index contributed by atoms with van der Waals surface area (Å²) < 4.78 is 39.2. The Morgan fingerprint density at radius 1 is 1.19 bits per heavy atom. The van der Waals surface area contributed by atoms with Gasteiger partial charge in [-0.25, -0.2) is 13.4 Å². The Morgan fingerprint density at radius 2 is 2.00 bits per heavy atom. The summed E-state index contributed by atoms with van der Waals surface area (Å²) in [5, 5.41) is 14.4. The Balaban J connectivity index is 2.01. The molecule has 13 heteroatoms. The molecule has 2 aromatic carbocycles. The molecule has 0 saturated heterocycles. The normalized spacial score (nSPS) is 12.0. The van der Waals surface area contributed by atoms with Crippen LogP contribution in [0.15, 0.2) is 40.1 Å². The Morgan fingerprint density at radius 3 is 2.68 bits per heavy atom. The van der Waals surface area contributed by atoms with Gasteiger partial charge in [-0.1, -0.05) is 29.5 Å². The number of anilines is 1. The monoisotopic (exact) mass is 476 g/mol. The Labute approximate surface area is 185 Å². The first-order valence-corrected chi connectivity index (χ1v) is 12.3. The molecule has 4 aromatic rings. The molecular formula is C18H18N7O3S3+. The van der Waals surface area contributed by atoms with Crippen molar-refractivity contribution in [2.24, 2.45) is 0 Å². The number of hydrogen-bond donors (Lipinski definition) is 2. The number of aromatic nitrogens is 5. The maximum Gasteiger partial charge on any atom is 0.507 e. The number of thiazole rings is 1. The van der Waals surface area contributed by atoms with Crippen LogP contribution in [0, 0.1) is 0 Å². The fourth-order valence-electron chi connectivity index (χ4n) is 3.20. The van der Waals surface area contributed by atoms with Crippen LogP contribution in [-0.2, 0) is 25.7 Å². The molecular weight excluding hydrogens is 458 g/mol. The van der Waals surface area contributed by atoms with Crippen molar-refractivity contribution in [3.05, 3.63) is 30.3 Å². The van der Waals surface area contributed by atoms with Gasteiger partial charge in [-0.3, -0.25) is 0 Å². The Hall–Kier alpha value is -2.87. The molecule has 0 unspecified atom stereocenters. The number of nitrogen functional groups attached to an aromatic ring is 1. The van der Waals surface area contributed by atoms with E-state index in [2.05, 4.69) is 25.6 Å². The number of H-pyrrole nitrogens is 1. The van der Waals surface area contributed by atoms with E-state index in [1.165, 1.54) is 17.4 Å². The van der Waals surface area contributed by atoms with Gasteiger partial charge in [0.25, 0.3) is 0 Å². The highest BCUT2D eigenvalue weighted by atomic mass is 32.2. The van der Waals surface area contributed by atoms with Gasteiger partial charge >= 0.3 is 16.6 Å². The molecule has 160 valence electrons. The van der Waals surface area contributed by atoms with Crippen molar-refractivity contribution in [1.82, 2.24) is 30.5 Å². The second-order valence-corrected chi connectivity index (χ2v) is 10.7. The molecule has 10 nitrogen and oxygen atoms in total. The third kappa shape index (κ3) is 4.04. The van der Waals surface area contributed by atoms with Gasteiger partial charge in [-0.2, -0.15) is 5.21 Å². The number of nitrogens with one attached hydrogen (secondary N) is 1. The number of nitrogens with zero attached hydrogens (tertiary/aromatic N) is 5. The first-order chi connectivity index (χ1) is 14.8. The van der Waals surface area contributed by atoms with Gasteiger partial charge in [-0.15, -0.1) is 10.2 Å². The molecule has 4 rings (SSSR count). The molecule has 0 radical (unpaired) electrons. The lowest BCUT2D eigenvalue weighted by atomic mass is 9.98. The van der Waals surface area contributed by atoms with E-state index in [1.54, 1.807) is 25.1 Å². The third-order valence-corrected chi connectivity index (χ3v) is 7.94. The van der Waals surface area contributed by atoms with Crippen molar-refractivity contribution < 1.29 is 12.6 Å². The summed E-state index contributed by atoms with van der Waals surface area (Å²) >= 11 is 1.43. The molecule has 2 aromatic heterocycles. The van der Waals surface area contributed by atoms with E-state index >= 15 is 0 Å². The number of nitrogens with two attached hydrogens (primary N) is 1. The molecule has 0 spiro atoms. The van der Waals surface area contributed by atoms with E-state index in [-0.39, 0.29) is 33.0 Å². The Kier molecular flexibility index (Phi) is 5.75. The summed E-state index contributed by atoms with van der Waals surface area (Å²) in [5.74, 6) is -0.00484. The summed E-state index contributed by atoms with van der Waals surface area (Å²) in [5.41, 5.74) is 8.10. The minimum atomic E-state index is -3.73. The number of sulfone groups is 1. The molecule has 0 bridgehead atoms. The smallest absolute Gasteiger partial charge is 0.375 e. The summed E-state index contributed by atoms with van der Waals surface area (Å²) in [6, 6.07) is 8.68. The van der Waals surface area contributed by atoms with E-state index in [0.717, 1.165) is 4.70 Å². The first kappa shape index (κ1) is 21.4. The minimum Gasteiger partial charge on any atom is -0.375 e. The zero-order valence-electron chi connectivity index (χ0n) is 16.6. The van der Waals surface area contributed by atoms with E-state index < -0.39 is 9.84 Å². The molecule has 0 atom stereocenters. The number of rotatable bonds is 7. The number of benzene rings is 2. The zero-order valence-corrected chi connectivity index (χ0v) is 19.0. The van der Waals surface area contributed by atoms with Gasteiger partial charge in [0, 0.05) is 21.9 Å². The van der Waals surface area contributed by atoms with Crippen LogP contribution in [-0.4, -0.2) is 65.3 Å². The predicted octanol–water partition coefficient (Wildman–Crippen LogP) is 1.85. The highest BCUT2D eigenvalue weighted by Gasteiger charge is 2.34. The molecule has 3 N–H and O–H groups in total. The largest absolute Gasteiger partial charge is 0.507 e. The van der Waals surface area contributed by atoms with Gasteiger partial charge in [0.15, 0.2) is 15.0 Å². The number of aromatic amines is 1. The van der Waals surface area contributed by atoms with Gasteiger partial charge in [0.05, 0.1) is 16.0 Å². The lowest BCUT2D eigenvalue weighted by molar-refractivity contribution is 0.432. The van der Waals surface area contributed by atoms with E-state index in [0.29, 0.717) is 33.9 Å². The number of tetrazole rings is 1. The highest BCUT2D eigenvalue weighted by molar-refractivity contribution is 7.91. The van der Waals surface area contributed by atoms with Gasteiger partial charge < -0.3 is 10.6 Å². The van der Waals surface area contributed by atoms with E-state index in [4.69, 9.17) is 5.73 Å². The van der Waals surface area contributed by atoms with Crippen LogP contribution in [0.25, 0.3) is 32.7 Å². The maximum atomic E-state index is 13.0. The quantitative estimate of drug-likeness (QED) is 0.381. The van der Waals surface area contributed by atoms with Crippen LogP contribution in [0.1, 0.15) is 0 Å². The lowest BCUT2D eigenvalue weighted by Gasteiger charge is -2.12. The molecule has 31 heavy (non-hydrogen) atoms. The average Bonchev–Trinajstić information content (AvgIpc) is 3.39. The minimum absolute atomic E-state index is 0.0258. The second kappa shape index (κ2) is 8.34. The average molecular weight is 477 g/mol. The summed E-state index contributed by atoms with van der Waals surface area (Å²) in [7, 11) is -0.162. The van der Waals surface area contributed by atoms with Crippen LogP contribution in [0.5, 0.6) is 0 Å². The molecule has 0 aliphatic carbocycles. The maximum absolute atomic E-state index is 13.0. The van der Waals surface area contributed by atoms with Crippen molar-refractivity contribution in [3.8, 4) is 22.5 Å². The van der Waals surface area contributed by atoms with E-state index in [1.807, 2.05) is 18.2 Å². The summed E-state index contributed by atoms with van der Waals surface area (Å²) in [6.07, 6.45) is 0. The van der Waals surface area contributed by atoms with Crippen LogP contribution >= 0.6 is 11.3 Å². The van der Waals surface area contributed by atoms with Crippen molar-refractivity contribution >= 4 is 48.2 Å². The van der Waals surface area contributed by atoms with E-state index in [9.17, 15) is 12.6 Å². The zero-order chi connectivity index (χ0) is 22.2. The van der Waals surface area contributed by atoms with Gasteiger partial charge in [0.1, 0.15) is 10.5 Å². The topological polar surface area (TPSA) is 148 Å². The van der Waals surface area contributed by atoms with Crippen LogP contribution in [0.4, 0.5) is 5.13 Å². The first-order valence-electron chi connectivity index (χ1n) is 9.05. The number of para-hydroxylation sites is 1. The summed E-state index contributed by atoms with van der Waals surface area (Å²) in [4.78, 5) is 6.15. The molecule has 0 aliphatic heterocycles. The summed E-state index contributed by atoms with van der Waals surface area (Å²) in [6.45, 7) is 0.321. The van der Waals surface area contributed by atoms with Gasteiger partial charge in [-0.05, 0) is 31.4 Å². The predicted molar refractivity (Wildman–Crippen MR) is 120 cm³/mol.